The molecule has 1 aliphatic heterocycles. The van der Waals surface area contributed by atoms with Crippen LogP contribution >= 0.6 is 63.7 Å². The molecule has 3 nitrogen and oxygen atoms in total. The van der Waals surface area contributed by atoms with E-state index in [9.17, 15) is 0 Å². The summed E-state index contributed by atoms with van der Waals surface area (Å²) in [5, 5.41) is 0. The molecule has 1 aliphatic rings. The van der Waals surface area contributed by atoms with Crippen molar-refractivity contribution in [1.29, 1.82) is 0 Å². The summed E-state index contributed by atoms with van der Waals surface area (Å²) in [5.74, 6) is 1.78. The molecule has 0 aliphatic carbocycles. The van der Waals surface area contributed by atoms with Gasteiger partial charge in [0, 0.05) is 0 Å². The fourth-order valence-electron chi connectivity index (χ4n) is 2.72. The van der Waals surface area contributed by atoms with Crippen LogP contribution in [0.2, 0.25) is 0 Å². The molecule has 1 saturated heterocycles. The van der Waals surface area contributed by atoms with Crippen molar-refractivity contribution in [1.82, 2.24) is 0 Å². The Morgan fingerprint density at radius 3 is 1.65 bits per heavy atom. The largest absolute Gasteiger partial charge is 0.488 e. The van der Waals surface area contributed by atoms with E-state index >= 15 is 0 Å². The van der Waals surface area contributed by atoms with Crippen LogP contribution in [0.4, 0.5) is 0 Å². The maximum Gasteiger partial charge on any atom is 0.148 e. The van der Waals surface area contributed by atoms with Gasteiger partial charge in [0.1, 0.15) is 24.2 Å². The normalized spacial score (nSPS) is 13.5. The van der Waals surface area contributed by atoms with E-state index in [0.717, 1.165) is 55.3 Å². The van der Waals surface area contributed by atoms with Crippen molar-refractivity contribution in [2.24, 2.45) is 0 Å². The lowest BCUT2D eigenvalue weighted by molar-refractivity contribution is 0.190. The number of benzene rings is 2. The Labute approximate surface area is 241 Å². The molecular weight excluding hydrogens is 692 g/mol. The highest BCUT2D eigenvalue weighted by molar-refractivity contribution is 9.11. The maximum atomic E-state index is 5.94. The molecule has 2 aromatic rings. The molecule has 0 saturated carbocycles. The van der Waals surface area contributed by atoms with Crippen molar-refractivity contribution >= 4 is 63.7 Å². The fraction of sp³-hybridized carbons (Fsp3) is 0.556. The molecule has 2 aromatic carbocycles. The van der Waals surface area contributed by atoms with E-state index in [2.05, 4.69) is 116 Å². The van der Waals surface area contributed by atoms with E-state index in [1.54, 1.807) is 0 Å². The van der Waals surface area contributed by atoms with Crippen LogP contribution in [-0.2, 0) is 11.2 Å². The average molecular weight is 732 g/mol. The summed E-state index contributed by atoms with van der Waals surface area (Å²) in [6.45, 7) is 17.9. The minimum absolute atomic E-state index is 0.287. The molecule has 7 heteroatoms. The van der Waals surface area contributed by atoms with Crippen molar-refractivity contribution in [2.45, 2.75) is 86.9 Å². The standard InChI is InChI=1S/C12H16Br2O.C11H12Br2O2.2C2H6/c1-4-9(5-2)15-12-10(13)6-8(3)7-11(12)14;1-2-7-3-9(12)11(10(13)4-7)15-6-8-5-14-8;2*1-2/h6-7,9H,4-5H2,1-3H3;3-4,8H,2,5-6H2,1H3;2*1-2H3. The van der Waals surface area contributed by atoms with E-state index in [1.807, 2.05) is 27.7 Å². The first-order valence-corrected chi connectivity index (χ1v) is 15.3. The molecule has 0 N–H and O–H groups in total. The second kappa shape index (κ2) is 19.1. The molecule has 34 heavy (non-hydrogen) atoms. The van der Waals surface area contributed by atoms with E-state index in [4.69, 9.17) is 14.2 Å². The van der Waals surface area contributed by atoms with E-state index in [-0.39, 0.29) is 6.10 Å². The van der Waals surface area contributed by atoms with Crippen molar-refractivity contribution in [3.8, 4) is 11.5 Å². The van der Waals surface area contributed by atoms with Gasteiger partial charge in [-0.15, -0.1) is 0 Å². The van der Waals surface area contributed by atoms with Gasteiger partial charge >= 0.3 is 0 Å². The van der Waals surface area contributed by atoms with Crippen molar-refractivity contribution in [3.63, 3.8) is 0 Å². The van der Waals surface area contributed by atoms with Gasteiger partial charge in [-0.1, -0.05) is 48.5 Å². The third-order valence-electron chi connectivity index (χ3n) is 4.62. The highest BCUT2D eigenvalue weighted by Gasteiger charge is 2.24. The summed E-state index contributed by atoms with van der Waals surface area (Å²) in [6.07, 6.45) is 3.66. The van der Waals surface area contributed by atoms with Gasteiger partial charge < -0.3 is 14.2 Å². The summed E-state index contributed by atoms with van der Waals surface area (Å²) in [6, 6.07) is 8.33. The van der Waals surface area contributed by atoms with Gasteiger partial charge in [0.05, 0.1) is 30.6 Å². The molecule has 0 bridgehead atoms. The van der Waals surface area contributed by atoms with Crippen LogP contribution in [0.1, 0.15) is 72.4 Å². The number of halogens is 4. The second-order valence-electron chi connectivity index (χ2n) is 7.12. The average Bonchev–Trinajstić information content (AvgIpc) is 3.65. The first kappa shape index (κ1) is 33.9. The number of epoxide rings is 1. The van der Waals surface area contributed by atoms with E-state index < -0.39 is 0 Å². The Balaban J connectivity index is 0.000000559. The van der Waals surface area contributed by atoms with Crippen LogP contribution in [0.15, 0.2) is 42.2 Å². The Morgan fingerprint density at radius 1 is 0.824 bits per heavy atom. The highest BCUT2D eigenvalue weighted by Crippen LogP contribution is 2.36. The molecule has 194 valence electrons. The van der Waals surface area contributed by atoms with Crippen LogP contribution in [0, 0.1) is 6.92 Å². The summed E-state index contributed by atoms with van der Waals surface area (Å²) in [7, 11) is 0. The second-order valence-corrected chi connectivity index (χ2v) is 10.5. The molecule has 0 aromatic heterocycles. The predicted octanol–water partition coefficient (Wildman–Crippen LogP) is 10.7. The summed E-state index contributed by atoms with van der Waals surface area (Å²) in [4.78, 5) is 0. The fourth-order valence-corrected chi connectivity index (χ4v) is 5.83. The van der Waals surface area contributed by atoms with E-state index in [1.165, 1.54) is 11.1 Å². The van der Waals surface area contributed by atoms with Gasteiger partial charge in [0.2, 0.25) is 0 Å². The van der Waals surface area contributed by atoms with Gasteiger partial charge in [-0.25, -0.2) is 0 Å². The predicted molar refractivity (Wildman–Crippen MR) is 161 cm³/mol. The highest BCUT2D eigenvalue weighted by atomic mass is 79.9. The van der Waals surface area contributed by atoms with E-state index in [0.29, 0.717) is 12.7 Å². The molecule has 0 amide bonds. The Morgan fingerprint density at radius 2 is 1.26 bits per heavy atom. The van der Waals surface area contributed by atoms with Gasteiger partial charge in [0.15, 0.2) is 0 Å². The zero-order valence-corrected chi connectivity index (χ0v) is 28.1. The van der Waals surface area contributed by atoms with Crippen molar-refractivity contribution in [2.75, 3.05) is 13.2 Å². The Bertz CT molecular complexity index is 789. The quantitative estimate of drug-likeness (QED) is 0.253. The lowest BCUT2D eigenvalue weighted by Gasteiger charge is -2.18. The smallest absolute Gasteiger partial charge is 0.148 e. The summed E-state index contributed by atoms with van der Waals surface area (Å²) < 4.78 is 20.7. The molecule has 1 unspecified atom stereocenters. The monoisotopic (exact) mass is 728 g/mol. The third-order valence-corrected chi connectivity index (χ3v) is 6.98. The lowest BCUT2D eigenvalue weighted by atomic mass is 10.2. The summed E-state index contributed by atoms with van der Waals surface area (Å²) >= 11 is 14.1. The maximum absolute atomic E-state index is 5.94. The molecule has 1 heterocycles. The van der Waals surface area contributed by atoms with Crippen LogP contribution in [0.5, 0.6) is 11.5 Å². The first-order chi connectivity index (χ1) is 16.3. The Hall–Kier alpha value is -0.0800. The SMILES string of the molecule is CC.CC.CCC(CC)Oc1c(Br)cc(C)cc1Br.CCc1cc(Br)c(OCC2CO2)c(Br)c1. The van der Waals surface area contributed by atoms with Gasteiger partial charge in [0.25, 0.3) is 0 Å². The zero-order valence-electron chi connectivity index (χ0n) is 21.7. The minimum atomic E-state index is 0.287. The van der Waals surface area contributed by atoms with Crippen LogP contribution in [0.3, 0.4) is 0 Å². The molecule has 1 atom stereocenters. The Kier molecular flexibility index (Phi) is 19.0. The van der Waals surface area contributed by atoms with Crippen molar-refractivity contribution in [3.05, 3.63) is 53.3 Å². The number of aryl methyl sites for hydroxylation is 2. The third kappa shape index (κ3) is 12.2. The van der Waals surface area contributed by atoms with Gasteiger partial charge in [-0.3, -0.25) is 0 Å². The molecule has 1 fully saturated rings. The summed E-state index contributed by atoms with van der Waals surface area (Å²) in [5.41, 5.74) is 2.49. The molecule has 3 rings (SSSR count). The minimum Gasteiger partial charge on any atom is -0.488 e. The topological polar surface area (TPSA) is 31.0 Å². The van der Waals surface area contributed by atoms with Crippen LogP contribution in [0.25, 0.3) is 0 Å². The lowest BCUT2D eigenvalue weighted by Crippen LogP contribution is -2.14. The van der Waals surface area contributed by atoms with Crippen molar-refractivity contribution < 1.29 is 14.2 Å². The van der Waals surface area contributed by atoms with Gasteiger partial charge in [-0.2, -0.15) is 0 Å². The first-order valence-electron chi connectivity index (χ1n) is 12.1. The van der Waals surface area contributed by atoms with Crippen LogP contribution in [-0.4, -0.2) is 25.4 Å². The van der Waals surface area contributed by atoms with Crippen LogP contribution < -0.4 is 9.47 Å². The molecule has 0 radical (unpaired) electrons. The molecular formula is C27H40Br4O3. The number of ether oxygens (including phenoxy) is 3. The number of hydrogen-bond acceptors (Lipinski definition) is 3. The number of hydrogen-bond donors (Lipinski definition) is 0. The number of rotatable bonds is 8. The molecule has 0 spiro atoms. The zero-order chi connectivity index (χ0) is 26.3. The van der Waals surface area contributed by atoms with Gasteiger partial charge in [-0.05, 0) is 125 Å².